The van der Waals surface area contributed by atoms with E-state index in [0.717, 1.165) is 22.9 Å². The van der Waals surface area contributed by atoms with Gasteiger partial charge in [-0.05, 0) is 43.0 Å². The van der Waals surface area contributed by atoms with Gasteiger partial charge < -0.3 is 20.9 Å². The predicted molar refractivity (Wildman–Crippen MR) is 94.6 cm³/mol. The summed E-state index contributed by atoms with van der Waals surface area (Å²) in [5.74, 6) is -0.323. The average Bonchev–Trinajstić information content (AvgIpc) is 3.20. The number of carbonyl (C=O) groups excluding carboxylic acids is 2. The Morgan fingerprint density at radius 3 is 3.04 bits per heavy atom. The zero-order valence-corrected chi connectivity index (χ0v) is 14.1. The summed E-state index contributed by atoms with van der Waals surface area (Å²) in [6, 6.07) is 6.67. The van der Waals surface area contributed by atoms with Crippen LogP contribution in [0.5, 0.6) is 0 Å². The van der Waals surface area contributed by atoms with E-state index < -0.39 is 6.04 Å². The van der Waals surface area contributed by atoms with Crippen LogP contribution in [0.15, 0.2) is 24.4 Å². The molecule has 25 heavy (non-hydrogen) atoms. The standard InChI is InChI=1S/C18H21N5O2/c1-11(24)22-13-4-5-17-15(8-13)12(10-21-17)7-16(20)18(25)23-6-2-3-14(23)9-19/h4-5,8,10,14,16,21H,2-3,6-7,20H2,1H3,(H,22,24)/t14-,16+/m0/s1. The van der Waals surface area contributed by atoms with Crippen molar-refractivity contribution in [2.24, 2.45) is 5.73 Å². The van der Waals surface area contributed by atoms with Crippen LogP contribution in [-0.2, 0) is 16.0 Å². The Kier molecular flexibility index (Phi) is 4.72. The van der Waals surface area contributed by atoms with Crippen molar-refractivity contribution in [1.29, 1.82) is 5.26 Å². The summed E-state index contributed by atoms with van der Waals surface area (Å²) in [6.45, 7) is 2.05. The molecule has 3 rings (SSSR count). The van der Waals surface area contributed by atoms with Crippen molar-refractivity contribution in [2.75, 3.05) is 11.9 Å². The number of hydrogen-bond donors (Lipinski definition) is 3. The summed E-state index contributed by atoms with van der Waals surface area (Å²) in [6.07, 6.45) is 3.75. The van der Waals surface area contributed by atoms with Gasteiger partial charge in [0, 0.05) is 36.3 Å². The zero-order valence-electron chi connectivity index (χ0n) is 14.1. The number of nitrogens with two attached hydrogens (primary N) is 1. The fourth-order valence-corrected chi connectivity index (χ4v) is 3.33. The largest absolute Gasteiger partial charge is 0.361 e. The van der Waals surface area contributed by atoms with Crippen molar-refractivity contribution in [3.05, 3.63) is 30.0 Å². The summed E-state index contributed by atoms with van der Waals surface area (Å²) < 4.78 is 0. The molecule has 0 unspecified atom stereocenters. The van der Waals surface area contributed by atoms with Crippen LogP contribution in [0.25, 0.3) is 10.9 Å². The van der Waals surface area contributed by atoms with Crippen LogP contribution in [0.1, 0.15) is 25.3 Å². The first-order chi connectivity index (χ1) is 12.0. The third-order valence-electron chi connectivity index (χ3n) is 4.53. The number of H-pyrrole nitrogens is 1. The van der Waals surface area contributed by atoms with Crippen LogP contribution < -0.4 is 11.1 Å². The van der Waals surface area contributed by atoms with Crippen molar-refractivity contribution in [3.8, 4) is 6.07 Å². The molecule has 1 aliphatic heterocycles. The highest BCUT2D eigenvalue weighted by atomic mass is 16.2. The number of amides is 2. The minimum Gasteiger partial charge on any atom is -0.361 e. The summed E-state index contributed by atoms with van der Waals surface area (Å²) >= 11 is 0. The molecule has 7 heteroatoms. The molecule has 2 atom stereocenters. The predicted octanol–water partition coefficient (Wildman–Crippen LogP) is 1.51. The lowest BCUT2D eigenvalue weighted by atomic mass is 10.0. The molecule has 0 bridgehead atoms. The number of aromatic amines is 1. The first kappa shape index (κ1) is 17.0. The van der Waals surface area contributed by atoms with E-state index in [1.165, 1.54) is 6.92 Å². The summed E-state index contributed by atoms with van der Waals surface area (Å²) in [5.41, 5.74) is 8.66. The average molecular weight is 339 g/mol. The van der Waals surface area contributed by atoms with Gasteiger partial charge in [-0.3, -0.25) is 9.59 Å². The molecule has 4 N–H and O–H groups in total. The molecule has 0 saturated carbocycles. The second kappa shape index (κ2) is 6.95. The Labute approximate surface area is 145 Å². The minimum absolute atomic E-state index is 0.139. The molecule has 1 aromatic heterocycles. The van der Waals surface area contributed by atoms with E-state index in [4.69, 9.17) is 11.0 Å². The lowest BCUT2D eigenvalue weighted by Crippen LogP contribution is -2.46. The second-order valence-electron chi connectivity index (χ2n) is 6.38. The number of nitriles is 1. The van der Waals surface area contributed by atoms with Crippen LogP contribution in [0.2, 0.25) is 0 Å². The molecular formula is C18H21N5O2. The van der Waals surface area contributed by atoms with Crippen LogP contribution in [-0.4, -0.2) is 40.3 Å². The number of nitrogens with one attached hydrogen (secondary N) is 2. The number of benzene rings is 1. The monoisotopic (exact) mass is 339 g/mol. The highest BCUT2D eigenvalue weighted by Gasteiger charge is 2.31. The number of nitrogens with zero attached hydrogens (tertiary/aromatic N) is 2. The van der Waals surface area contributed by atoms with Crippen LogP contribution >= 0.6 is 0 Å². The molecular weight excluding hydrogens is 318 g/mol. The highest BCUT2D eigenvalue weighted by Crippen LogP contribution is 2.24. The van der Waals surface area contributed by atoms with Gasteiger partial charge in [0.15, 0.2) is 0 Å². The van der Waals surface area contributed by atoms with Gasteiger partial charge in [0.05, 0.1) is 12.1 Å². The fourth-order valence-electron chi connectivity index (χ4n) is 3.33. The summed E-state index contributed by atoms with van der Waals surface area (Å²) in [7, 11) is 0. The summed E-state index contributed by atoms with van der Waals surface area (Å²) in [5, 5.41) is 12.8. The van der Waals surface area contributed by atoms with Gasteiger partial charge in [0.2, 0.25) is 11.8 Å². The molecule has 1 fully saturated rings. The van der Waals surface area contributed by atoms with Gasteiger partial charge in [0.1, 0.15) is 6.04 Å². The van der Waals surface area contributed by atoms with E-state index in [2.05, 4.69) is 16.4 Å². The molecule has 1 aromatic carbocycles. The van der Waals surface area contributed by atoms with Gasteiger partial charge in [-0.1, -0.05) is 0 Å². The topological polar surface area (TPSA) is 115 Å². The molecule has 0 radical (unpaired) electrons. The Morgan fingerprint density at radius 1 is 1.52 bits per heavy atom. The van der Waals surface area contributed by atoms with Gasteiger partial charge in [-0.15, -0.1) is 0 Å². The zero-order chi connectivity index (χ0) is 18.0. The maximum Gasteiger partial charge on any atom is 0.240 e. The molecule has 2 heterocycles. The molecule has 130 valence electrons. The number of hydrogen-bond acceptors (Lipinski definition) is 4. The van der Waals surface area contributed by atoms with E-state index in [1.54, 1.807) is 4.90 Å². The van der Waals surface area contributed by atoms with Gasteiger partial charge >= 0.3 is 0 Å². The molecule has 1 aliphatic rings. The quantitative estimate of drug-likeness (QED) is 0.783. The van der Waals surface area contributed by atoms with E-state index >= 15 is 0 Å². The smallest absolute Gasteiger partial charge is 0.240 e. The Morgan fingerprint density at radius 2 is 2.32 bits per heavy atom. The fraction of sp³-hybridized carbons (Fsp3) is 0.389. The van der Waals surface area contributed by atoms with Crippen molar-refractivity contribution in [3.63, 3.8) is 0 Å². The van der Waals surface area contributed by atoms with E-state index in [-0.39, 0.29) is 17.9 Å². The lowest BCUT2D eigenvalue weighted by Gasteiger charge is -2.23. The van der Waals surface area contributed by atoms with Gasteiger partial charge in [-0.2, -0.15) is 5.26 Å². The number of aromatic nitrogens is 1. The van der Waals surface area contributed by atoms with Crippen LogP contribution in [0, 0.1) is 11.3 Å². The number of carbonyl (C=O) groups is 2. The SMILES string of the molecule is CC(=O)Nc1ccc2[nH]cc(C[C@@H](N)C(=O)N3CCC[C@H]3C#N)c2c1. The van der Waals surface area contributed by atoms with Crippen molar-refractivity contribution in [1.82, 2.24) is 9.88 Å². The second-order valence-corrected chi connectivity index (χ2v) is 6.38. The Balaban J connectivity index is 1.79. The first-order valence-corrected chi connectivity index (χ1v) is 8.33. The lowest BCUT2D eigenvalue weighted by molar-refractivity contribution is -0.132. The minimum atomic E-state index is -0.697. The molecule has 1 saturated heterocycles. The molecule has 0 spiro atoms. The van der Waals surface area contributed by atoms with Crippen LogP contribution in [0.4, 0.5) is 5.69 Å². The summed E-state index contributed by atoms with van der Waals surface area (Å²) in [4.78, 5) is 28.5. The maximum absolute atomic E-state index is 12.6. The molecule has 0 aliphatic carbocycles. The van der Waals surface area contributed by atoms with Crippen molar-refractivity contribution < 1.29 is 9.59 Å². The number of likely N-dealkylation sites (tertiary alicyclic amines) is 1. The normalized spacial score (nSPS) is 18.1. The van der Waals surface area contributed by atoms with Crippen molar-refractivity contribution in [2.45, 2.75) is 38.3 Å². The molecule has 2 amide bonds. The van der Waals surface area contributed by atoms with E-state index in [1.807, 2.05) is 24.4 Å². The highest BCUT2D eigenvalue weighted by molar-refractivity contribution is 5.94. The number of rotatable bonds is 4. The van der Waals surface area contributed by atoms with E-state index in [9.17, 15) is 9.59 Å². The molecule has 7 nitrogen and oxygen atoms in total. The number of anilines is 1. The Bertz CT molecular complexity index is 851. The van der Waals surface area contributed by atoms with Crippen molar-refractivity contribution >= 4 is 28.4 Å². The maximum atomic E-state index is 12.6. The molecule has 2 aromatic rings. The number of fused-ring (bicyclic) bond motifs is 1. The van der Waals surface area contributed by atoms with E-state index in [0.29, 0.717) is 25.1 Å². The van der Waals surface area contributed by atoms with Crippen LogP contribution in [0.3, 0.4) is 0 Å². The third kappa shape index (κ3) is 3.49. The van der Waals surface area contributed by atoms with Gasteiger partial charge in [-0.25, -0.2) is 0 Å². The third-order valence-corrected chi connectivity index (χ3v) is 4.53. The first-order valence-electron chi connectivity index (χ1n) is 8.33. The van der Waals surface area contributed by atoms with Gasteiger partial charge in [0.25, 0.3) is 0 Å². The Hall–Kier alpha value is -2.85.